The number of carbonyl (C=O) groups excluding carboxylic acids is 1. The van der Waals surface area contributed by atoms with Crippen LogP contribution in [-0.2, 0) is 19.1 Å². The van der Waals surface area contributed by atoms with E-state index in [2.05, 4.69) is 11.0 Å². The van der Waals surface area contributed by atoms with Gasteiger partial charge in [0.2, 0.25) is 5.91 Å². The zero-order chi connectivity index (χ0) is 22.4. The fourth-order valence-electron chi connectivity index (χ4n) is 4.27. The first-order chi connectivity index (χ1) is 14.1. The van der Waals surface area contributed by atoms with E-state index in [0.717, 1.165) is 51.8 Å². The lowest BCUT2D eigenvalue weighted by atomic mass is 9.85. The summed E-state index contributed by atoms with van der Waals surface area (Å²) in [4.78, 5) is 26.2. The van der Waals surface area contributed by atoms with Gasteiger partial charge in [-0.05, 0) is 19.3 Å². The van der Waals surface area contributed by atoms with Crippen molar-refractivity contribution in [1.29, 1.82) is 5.26 Å². The number of carbonyl (C=O) groups is 2. The smallest absolute Gasteiger partial charge is 0.475 e. The number of likely N-dealkylation sites (tertiary alicyclic amines) is 1. The Labute approximate surface area is 173 Å². The van der Waals surface area contributed by atoms with Gasteiger partial charge in [-0.25, -0.2) is 4.79 Å². The molecular formula is C19H28F3N3O5. The number of ether oxygens (including phenoxy) is 2. The number of methoxy groups -OCH3 is 1. The lowest BCUT2D eigenvalue weighted by Gasteiger charge is -2.47. The van der Waals surface area contributed by atoms with E-state index < -0.39 is 17.6 Å². The summed E-state index contributed by atoms with van der Waals surface area (Å²) < 4.78 is 42.9. The Bertz CT molecular complexity index is 646. The summed E-state index contributed by atoms with van der Waals surface area (Å²) in [7, 11) is 1.71. The molecule has 3 fully saturated rings. The van der Waals surface area contributed by atoms with Gasteiger partial charge in [0.25, 0.3) is 0 Å². The number of hydrogen-bond acceptors (Lipinski definition) is 6. The average Bonchev–Trinajstić information content (AvgIpc) is 3.21. The molecule has 30 heavy (non-hydrogen) atoms. The van der Waals surface area contributed by atoms with Crippen molar-refractivity contribution in [2.45, 2.75) is 50.4 Å². The van der Waals surface area contributed by atoms with Crippen molar-refractivity contribution in [2.75, 3.05) is 46.5 Å². The number of piperidine rings is 1. The topological polar surface area (TPSA) is 103 Å². The SMILES string of the molecule is COCCN1CCO[C@H]2CCN(C(=O)C3(C#N)CCCC3)C[C@@H]21.O=C(O)C(F)(F)F. The highest BCUT2D eigenvalue weighted by Crippen LogP contribution is 2.40. The zero-order valence-corrected chi connectivity index (χ0v) is 17.0. The van der Waals surface area contributed by atoms with E-state index in [-0.39, 0.29) is 18.1 Å². The van der Waals surface area contributed by atoms with Gasteiger partial charge in [-0.15, -0.1) is 0 Å². The number of fused-ring (bicyclic) bond motifs is 1. The Hall–Kier alpha value is -1.90. The van der Waals surface area contributed by atoms with Crippen LogP contribution < -0.4 is 0 Å². The third kappa shape index (κ3) is 5.83. The number of morpholine rings is 1. The molecule has 0 bridgehead atoms. The number of rotatable bonds is 4. The van der Waals surface area contributed by atoms with Crippen LogP contribution in [0.25, 0.3) is 0 Å². The van der Waals surface area contributed by atoms with E-state index in [0.29, 0.717) is 19.7 Å². The molecule has 0 radical (unpaired) electrons. The van der Waals surface area contributed by atoms with Crippen molar-refractivity contribution < 1.29 is 37.3 Å². The Kier molecular flexibility index (Phi) is 8.46. The van der Waals surface area contributed by atoms with Gasteiger partial charge in [-0.2, -0.15) is 18.4 Å². The standard InChI is InChI=1S/C17H27N3O3.C2HF3O2/c1-22-10-8-19-9-11-23-15-4-7-20(12-14(15)19)16(21)17(13-18)5-2-3-6-17;3-2(4,5)1(6)7/h14-15H,2-12H2,1H3;(H,6,7)/t14-,15-;/m0./s1. The van der Waals surface area contributed by atoms with E-state index in [4.69, 9.17) is 19.4 Å². The first-order valence-electron chi connectivity index (χ1n) is 10.00. The van der Waals surface area contributed by atoms with Crippen molar-refractivity contribution in [2.24, 2.45) is 5.41 Å². The molecule has 1 saturated carbocycles. The van der Waals surface area contributed by atoms with Crippen molar-refractivity contribution in [3.8, 4) is 6.07 Å². The van der Waals surface area contributed by atoms with Gasteiger partial charge in [0.15, 0.2) is 0 Å². The van der Waals surface area contributed by atoms with Gasteiger partial charge in [0.05, 0.1) is 31.4 Å². The van der Waals surface area contributed by atoms with Crippen molar-refractivity contribution in [3.63, 3.8) is 0 Å². The molecule has 0 spiro atoms. The molecular weight excluding hydrogens is 407 g/mol. The number of alkyl halides is 3. The van der Waals surface area contributed by atoms with Crippen LogP contribution >= 0.6 is 0 Å². The molecule has 0 aromatic carbocycles. The number of nitriles is 1. The van der Waals surface area contributed by atoms with Crippen LogP contribution in [0.4, 0.5) is 13.2 Å². The molecule has 2 heterocycles. The van der Waals surface area contributed by atoms with Crippen LogP contribution in [0, 0.1) is 16.7 Å². The van der Waals surface area contributed by atoms with Crippen LogP contribution in [0.1, 0.15) is 32.1 Å². The number of nitrogens with zero attached hydrogens (tertiary/aromatic N) is 3. The number of carboxylic acids is 1. The van der Waals surface area contributed by atoms with Crippen molar-refractivity contribution in [3.05, 3.63) is 0 Å². The average molecular weight is 435 g/mol. The number of amides is 1. The molecule has 0 unspecified atom stereocenters. The number of aliphatic carboxylic acids is 1. The molecule has 3 rings (SSSR count). The predicted molar refractivity (Wildman–Crippen MR) is 98.4 cm³/mol. The summed E-state index contributed by atoms with van der Waals surface area (Å²) in [6, 6.07) is 2.57. The molecule has 1 N–H and O–H groups in total. The van der Waals surface area contributed by atoms with E-state index in [1.807, 2.05) is 4.90 Å². The molecule has 0 aromatic rings. The lowest BCUT2D eigenvalue weighted by molar-refractivity contribution is -0.192. The Morgan fingerprint density at radius 1 is 1.30 bits per heavy atom. The molecule has 1 amide bonds. The van der Waals surface area contributed by atoms with Gasteiger partial charge in [-0.1, -0.05) is 12.8 Å². The monoisotopic (exact) mass is 435 g/mol. The van der Waals surface area contributed by atoms with E-state index in [1.54, 1.807) is 7.11 Å². The molecule has 2 aliphatic heterocycles. The highest BCUT2D eigenvalue weighted by Gasteiger charge is 2.47. The number of hydrogen-bond donors (Lipinski definition) is 1. The molecule has 0 aromatic heterocycles. The minimum Gasteiger partial charge on any atom is -0.475 e. The third-order valence-electron chi connectivity index (χ3n) is 5.89. The molecule has 8 nitrogen and oxygen atoms in total. The van der Waals surface area contributed by atoms with Gasteiger partial charge in [0.1, 0.15) is 5.41 Å². The predicted octanol–water partition coefficient (Wildman–Crippen LogP) is 1.65. The minimum atomic E-state index is -5.08. The Morgan fingerprint density at radius 3 is 2.47 bits per heavy atom. The first kappa shape index (κ1) is 24.4. The summed E-state index contributed by atoms with van der Waals surface area (Å²) in [6.07, 6.45) is -0.606. The molecule has 1 aliphatic carbocycles. The van der Waals surface area contributed by atoms with E-state index in [9.17, 15) is 23.2 Å². The van der Waals surface area contributed by atoms with Crippen molar-refractivity contribution >= 4 is 11.9 Å². The van der Waals surface area contributed by atoms with Crippen LogP contribution in [0.5, 0.6) is 0 Å². The molecule has 170 valence electrons. The van der Waals surface area contributed by atoms with Gasteiger partial charge < -0.3 is 19.5 Å². The number of carboxylic acid groups (broad SMARTS) is 1. The molecule has 3 aliphatic rings. The summed E-state index contributed by atoms with van der Waals surface area (Å²) in [6.45, 7) is 4.58. The summed E-state index contributed by atoms with van der Waals surface area (Å²) >= 11 is 0. The van der Waals surface area contributed by atoms with Gasteiger partial charge >= 0.3 is 12.1 Å². The third-order valence-corrected chi connectivity index (χ3v) is 5.89. The molecule has 11 heteroatoms. The lowest BCUT2D eigenvalue weighted by Crippen LogP contribution is -2.62. The highest BCUT2D eigenvalue weighted by atomic mass is 19.4. The second-order valence-corrected chi connectivity index (χ2v) is 7.75. The second kappa shape index (κ2) is 10.4. The highest BCUT2D eigenvalue weighted by molar-refractivity contribution is 5.86. The quantitative estimate of drug-likeness (QED) is 0.716. The molecule has 2 saturated heterocycles. The Morgan fingerprint density at radius 2 is 1.93 bits per heavy atom. The van der Waals surface area contributed by atoms with Crippen LogP contribution in [-0.4, -0.2) is 91.6 Å². The van der Waals surface area contributed by atoms with E-state index in [1.165, 1.54) is 0 Å². The Balaban J connectivity index is 0.000000396. The van der Waals surface area contributed by atoms with Crippen LogP contribution in [0.2, 0.25) is 0 Å². The fourth-order valence-corrected chi connectivity index (χ4v) is 4.27. The second-order valence-electron chi connectivity index (χ2n) is 7.75. The largest absolute Gasteiger partial charge is 0.490 e. The summed E-state index contributed by atoms with van der Waals surface area (Å²) in [5, 5.41) is 16.7. The summed E-state index contributed by atoms with van der Waals surface area (Å²) in [5.74, 6) is -2.71. The maximum atomic E-state index is 13.0. The molecule has 2 atom stereocenters. The van der Waals surface area contributed by atoms with E-state index >= 15 is 0 Å². The maximum absolute atomic E-state index is 13.0. The zero-order valence-electron chi connectivity index (χ0n) is 17.0. The normalized spacial score (nSPS) is 26.2. The summed E-state index contributed by atoms with van der Waals surface area (Å²) in [5.41, 5.74) is -0.764. The van der Waals surface area contributed by atoms with Crippen LogP contribution in [0.15, 0.2) is 0 Å². The minimum absolute atomic E-state index is 0.0493. The fraction of sp³-hybridized carbons (Fsp3) is 0.842. The van der Waals surface area contributed by atoms with Gasteiger partial charge in [-0.3, -0.25) is 9.69 Å². The van der Waals surface area contributed by atoms with Crippen molar-refractivity contribution in [1.82, 2.24) is 9.80 Å². The maximum Gasteiger partial charge on any atom is 0.490 e. The first-order valence-corrected chi connectivity index (χ1v) is 10.00. The van der Waals surface area contributed by atoms with Crippen LogP contribution in [0.3, 0.4) is 0 Å². The number of halogens is 3. The van der Waals surface area contributed by atoms with Gasteiger partial charge in [0, 0.05) is 33.3 Å².